The van der Waals surface area contributed by atoms with Crippen LogP contribution in [0.5, 0.6) is 5.88 Å². The van der Waals surface area contributed by atoms with Crippen molar-refractivity contribution < 1.29 is 41.8 Å². The first kappa shape index (κ1) is 39.4. The first-order valence-corrected chi connectivity index (χ1v) is 22.7. The fourth-order valence-electron chi connectivity index (χ4n) is 8.44. The number of rotatable bonds is 6. The number of carbonyl (C=O) groups is 3. The Morgan fingerprint density at radius 1 is 1.05 bits per heavy atom. The van der Waals surface area contributed by atoms with Gasteiger partial charge in [0.2, 0.25) is 0 Å². The number of H-pyrrole nitrogens is 1. The number of ether oxygens (including phenoxy) is 3. The summed E-state index contributed by atoms with van der Waals surface area (Å²) in [6.07, 6.45) is 2.40. The van der Waals surface area contributed by atoms with Crippen LogP contribution in [0.2, 0.25) is 18.1 Å². The van der Waals surface area contributed by atoms with Gasteiger partial charge >= 0.3 is 12.2 Å². The molecule has 57 heavy (non-hydrogen) atoms. The third kappa shape index (κ3) is 7.43. The number of benzene rings is 1. The van der Waals surface area contributed by atoms with Crippen molar-refractivity contribution in [1.29, 1.82) is 0 Å². The lowest BCUT2D eigenvalue weighted by molar-refractivity contribution is -0.118. The van der Waals surface area contributed by atoms with E-state index in [2.05, 4.69) is 64.0 Å². The Morgan fingerprint density at radius 2 is 1.75 bits per heavy atom. The van der Waals surface area contributed by atoms with E-state index < -0.39 is 49.4 Å². The Bertz CT molecular complexity index is 2080. The number of imidazole rings is 1. The lowest BCUT2D eigenvalue weighted by atomic mass is 9.90. The molecule has 2 N–H and O–H groups in total. The second-order valence-corrected chi connectivity index (χ2v) is 23.5. The molecule has 1 unspecified atom stereocenters. The van der Waals surface area contributed by atoms with Gasteiger partial charge in [-0.3, -0.25) is 14.6 Å². The highest BCUT2D eigenvalue weighted by Crippen LogP contribution is 2.43. The van der Waals surface area contributed by atoms with E-state index >= 15 is 8.78 Å². The van der Waals surface area contributed by atoms with Gasteiger partial charge in [-0.15, -0.1) is 0 Å². The summed E-state index contributed by atoms with van der Waals surface area (Å²) < 4.78 is 56.4. The minimum absolute atomic E-state index is 0.00541. The van der Waals surface area contributed by atoms with Crippen LogP contribution in [0.15, 0.2) is 6.20 Å². The van der Waals surface area contributed by atoms with Gasteiger partial charge in [-0.2, -0.15) is 0 Å². The van der Waals surface area contributed by atoms with Crippen molar-refractivity contribution >= 4 is 49.1 Å². The largest absolute Gasteiger partial charge is 0.465 e. The van der Waals surface area contributed by atoms with E-state index in [1.54, 1.807) is 25.7 Å². The molecule has 15 nitrogen and oxygen atoms in total. The summed E-state index contributed by atoms with van der Waals surface area (Å²) in [4.78, 5) is 59.8. The van der Waals surface area contributed by atoms with E-state index in [0.29, 0.717) is 68.7 Å². The summed E-state index contributed by atoms with van der Waals surface area (Å²) in [6, 6.07) is -0.611. The summed E-state index contributed by atoms with van der Waals surface area (Å²) in [6.45, 7) is 18.5. The van der Waals surface area contributed by atoms with Crippen molar-refractivity contribution in [3.63, 3.8) is 0 Å². The van der Waals surface area contributed by atoms with Crippen molar-refractivity contribution in [3.8, 4) is 5.88 Å². The molecular formula is C39H52F2N8O7Si. The summed E-state index contributed by atoms with van der Waals surface area (Å²) in [5.74, 6) is -0.486. The molecule has 1 spiro atoms. The van der Waals surface area contributed by atoms with Crippen LogP contribution in [0.3, 0.4) is 0 Å². The fourth-order valence-corrected chi connectivity index (χ4v) is 9.80. The molecular weight excluding hydrogens is 759 g/mol. The van der Waals surface area contributed by atoms with E-state index in [1.165, 1.54) is 11.1 Å². The average Bonchev–Trinajstić information content (AvgIpc) is 3.91. The molecule has 3 atom stereocenters. The predicted octanol–water partition coefficient (Wildman–Crippen LogP) is 6.24. The molecule has 0 radical (unpaired) electrons. The highest BCUT2D eigenvalue weighted by Gasteiger charge is 2.49. The number of nitrogens with one attached hydrogen (secondary N) is 2. The lowest BCUT2D eigenvalue weighted by Crippen LogP contribution is -2.48. The highest BCUT2D eigenvalue weighted by molar-refractivity contribution is 6.74. The first-order valence-electron chi connectivity index (χ1n) is 19.8. The maximum Gasteiger partial charge on any atom is 0.416 e. The molecule has 2 aromatic heterocycles. The van der Waals surface area contributed by atoms with Gasteiger partial charge in [-0.25, -0.2) is 33.3 Å². The van der Waals surface area contributed by atoms with Crippen molar-refractivity contribution in [1.82, 2.24) is 29.7 Å². The number of piperidine rings is 1. The quantitative estimate of drug-likeness (QED) is 0.271. The van der Waals surface area contributed by atoms with E-state index in [1.807, 2.05) is 0 Å². The average molecular weight is 811 g/mol. The minimum atomic E-state index is -2.20. The highest BCUT2D eigenvalue weighted by atomic mass is 28.4. The van der Waals surface area contributed by atoms with E-state index in [-0.39, 0.29) is 71.2 Å². The molecule has 6 heterocycles. The van der Waals surface area contributed by atoms with Crippen LogP contribution in [0.1, 0.15) is 83.8 Å². The predicted molar refractivity (Wildman–Crippen MR) is 208 cm³/mol. The van der Waals surface area contributed by atoms with Crippen LogP contribution in [-0.4, -0.2) is 113 Å². The first-order chi connectivity index (χ1) is 26.7. The summed E-state index contributed by atoms with van der Waals surface area (Å²) in [5.41, 5.74) is -0.799. The van der Waals surface area contributed by atoms with Gasteiger partial charge in [0, 0.05) is 45.4 Å². The number of anilines is 2. The molecule has 5 aliphatic rings. The van der Waals surface area contributed by atoms with Crippen LogP contribution in [0.4, 0.5) is 30.0 Å². The third-order valence-electron chi connectivity index (χ3n) is 12.4. The van der Waals surface area contributed by atoms with Gasteiger partial charge < -0.3 is 33.8 Å². The second kappa shape index (κ2) is 13.9. The van der Waals surface area contributed by atoms with Crippen molar-refractivity contribution in [2.24, 2.45) is 5.92 Å². The Morgan fingerprint density at radius 3 is 2.44 bits per heavy atom. The Kier molecular flexibility index (Phi) is 9.58. The molecule has 3 fully saturated rings. The summed E-state index contributed by atoms with van der Waals surface area (Å²) in [7, 11) is -2.20. The molecule has 1 aromatic carbocycles. The van der Waals surface area contributed by atoms with Gasteiger partial charge in [0.15, 0.2) is 38.2 Å². The van der Waals surface area contributed by atoms with Crippen LogP contribution in [-0.2, 0) is 31.5 Å². The van der Waals surface area contributed by atoms with Crippen molar-refractivity contribution in [2.75, 3.05) is 49.5 Å². The topological polar surface area (TPSA) is 164 Å². The molecule has 18 heteroatoms. The molecule has 0 bridgehead atoms. The normalized spacial score (nSPS) is 22.8. The zero-order chi connectivity index (χ0) is 40.8. The number of nitrogens with zero attached hydrogens (tertiary/aromatic N) is 6. The van der Waals surface area contributed by atoms with Crippen LogP contribution < -0.4 is 15.0 Å². The zero-order valence-corrected chi connectivity index (χ0v) is 34.9. The zero-order valence-electron chi connectivity index (χ0n) is 33.9. The lowest BCUT2D eigenvalue weighted by Gasteiger charge is -2.38. The molecule has 1 aliphatic carbocycles. The molecule has 4 aliphatic heterocycles. The summed E-state index contributed by atoms with van der Waals surface area (Å²) >= 11 is 0. The van der Waals surface area contributed by atoms with Gasteiger partial charge in [0.05, 0.1) is 24.9 Å². The number of amides is 3. The third-order valence-corrected chi connectivity index (χ3v) is 16.9. The number of carbonyl (C=O) groups excluding carboxylic acids is 3. The smallest absolute Gasteiger partial charge is 0.416 e. The van der Waals surface area contributed by atoms with E-state index in [9.17, 15) is 14.4 Å². The minimum Gasteiger partial charge on any atom is -0.465 e. The van der Waals surface area contributed by atoms with Crippen molar-refractivity contribution in [2.45, 2.75) is 115 Å². The number of halogens is 2. The summed E-state index contributed by atoms with van der Waals surface area (Å²) in [5, 5.41) is 2.56. The maximum absolute atomic E-state index is 16.4. The fraction of sp³-hybridized carbons (Fsp3) is 0.641. The van der Waals surface area contributed by atoms with Crippen molar-refractivity contribution in [3.05, 3.63) is 34.8 Å². The number of hydrogen-bond acceptors (Lipinski definition) is 11. The molecule has 0 saturated carbocycles. The van der Waals surface area contributed by atoms with Crippen LogP contribution in [0, 0.1) is 17.6 Å². The van der Waals surface area contributed by atoms with Gasteiger partial charge in [-0.05, 0) is 68.8 Å². The monoisotopic (exact) mass is 810 g/mol. The number of aromatic nitrogens is 4. The van der Waals surface area contributed by atoms with Gasteiger partial charge in [-0.1, -0.05) is 20.8 Å². The van der Waals surface area contributed by atoms with Gasteiger partial charge in [0.25, 0.3) is 11.8 Å². The number of likely N-dealkylation sites (tertiary alicyclic amines) is 2. The standard InChI is InChI=1S/C39H52F2N8O7Si/c1-37(2,3)54-35(51)48-18-22(56-57(7,8)38(4,5)6)15-25(48)32-45-30-28(40)23-13-21(14-24(23)29(41)31(30)46-32)17-47-11-9-39(10-12-47)20-49(36(52)55-39)26-16-42-34-33(43-26)44-27(50)19-53-34/h16,21-22,25H,9-15,17-20H2,1-8H3,(H,45,46)(H,43,44,50)/t22-,25+/m1/s1. The number of fused-ring (bicyclic) bond motifs is 3. The molecule has 3 aromatic rings. The maximum atomic E-state index is 16.4. The molecule has 3 amide bonds. The Balaban J connectivity index is 0.937. The van der Waals surface area contributed by atoms with E-state index in [4.69, 9.17) is 18.6 Å². The Labute approximate surface area is 331 Å². The number of aromatic amines is 1. The second-order valence-electron chi connectivity index (χ2n) is 18.7. The SMILES string of the molecule is CC(C)(C)OC(=O)N1C[C@H](O[Si](C)(C)C(C)(C)C)C[C@H]1c1nc2c(F)c3c(c(F)c2[nH]1)CC(CN1CCC2(CC1)CN(c1cnc4c(n1)NC(=O)CO4)C(=O)O2)C3. The molecule has 3 saturated heterocycles. The van der Waals surface area contributed by atoms with Crippen LogP contribution in [0.25, 0.3) is 11.0 Å². The number of hydrogen-bond donors (Lipinski definition) is 2. The van der Waals surface area contributed by atoms with E-state index in [0.717, 1.165) is 0 Å². The van der Waals surface area contributed by atoms with Gasteiger partial charge in [0.1, 0.15) is 28.1 Å². The molecule has 8 rings (SSSR count). The van der Waals surface area contributed by atoms with Crippen LogP contribution >= 0.6 is 0 Å². The Hall–Kier alpha value is -4.42. The molecule has 308 valence electrons.